The summed E-state index contributed by atoms with van der Waals surface area (Å²) in [6.07, 6.45) is 4.02. The molecular formula is C18H21N3O2. The summed E-state index contributed by atoms with van der Waals surface area (Å²) in [5, 5.41) is 5.75. The second kappa shape index (κ2) is 8.08. The number of amides is 2. The lowest BCUT2D eigenvalue weighted by Gasteiger charge is -2.12. The highest BCUT2D eigenvalue weighted by atomic mass is 16.2. The standard InChI is InChI=1S/C18H21N3O2/c1-3-13(2)21-18(23)15-7-4-6-14(10-15)11-20-17(22)16-8-5-9-19-12-16/h4-10,12-13H,3,11H2,1-2H3,(H,20,22)(H,21,23)/t13-/m0/s1. The smallest absolute Gasteiger partial charge is 0.253 e. The topological polar surface area (TPSA) is 71.1 Å². The summed E-state index contributed by atoms with van der Waals surface area (Å²) in [5.41, 5.74) is 1.98. The second-order valence-electron chi connectivity index (χ2n) is 5.41. The summed E-state index contributed by atoms with van der Waals surface area (Å²) in [6, 6.07) is 10.8. The van der Waals surface area contributed by atoms with Crippen LogP contribution in [0, 0.1) is 0 Å². The first kappa shape index (κ1) is 16.7. The Hall–Kier alpha value is -2.69. The molecule has 0 saturated carbocycles. The zero-order valence-electron chi connectivity index (χ0n) is 13.4. The van der Waals surface area contributed by atoms with E-state index in [9.17, 15) is 9.59 Å². The molecule has 1 aromatic carbocycles. The minimum absolute atomic E-state index is 0.0974. The van der Waals surface area contributed by atoms with Crippen molar-refractivity contribution >= 4 is 11.8 Å². The van der Waals surface area contributed by atoms with E-state index in [1.54, 1.807) is 30.5 Å². The third kappa shape index (κ3) is 4.92. The van der Waals surface area contributed by atoms with Crippen LogP contribution in [0.3, 0.4) is 0 Å². The van der Waals surface area contributed by atoms with E-state index >= 15 is 0 Å². The van der Waals surface area contributed by atoms with Gasteiger partial charge < -0.3 is 10.6 Å². The van der Waals surface area contributed by atoms with Gasteiger partial charge in [0.2, 0.25) is 0 Å². The molecule has 0 aliphatic carbocycles. The van der Waals surface area contributed by atoms with Crippen molar-refractivity contribution in [1.29, 1.82) is 0 Å². The predicted molar refractivity (Wildman–Crippen MR) is 89.1 cm³/mol. The van der Waals surface area contributed by atoms with Crippen molar-refractivity contribution in [2.75, 3.05) is 0 Å². The van der Waals surface area contributed by atoms with Crippen molar-refractivity contribution in [3.05, 3.63) is 65.5 Å². The maximum absolute atomic E-state index is 12.1. The molecule has 2 N–H and O–H groups in total. The maximum atomic E-state index is 12.1. The quantitative estimate of drug-likeness (QED) is 0.861. The van der Waals surface area contributed by atoms with Gasteiger partial charge in [-0.2, -0.15) is 0 Å². The van der Waals surface area contributed by atoms with Gasteiger partial charge >= 0.3 is 0 Å². The highest BCUT2D eigenvalue weighted by Gasteiger charge is 2.10. The van der Waals surface area contributed by atoms with E-state index in [0.717, 1.165) is 12.0 Å². The Labute approximate surface area is 136 Å². The number of nitrogens with one attached hydrogen (secondary N) is 2. The highest BCUT2D eigenvalue weighted by molar-refractivity contribution is 5.95. The summed E-state index contributed by atoms with van der Waals surface area (Å²) in [7, 11) is 0. The van der Waals surface area contributed by atoms with Gasteiger partial charge in [-0.3, -0.25) is 14.6 Å². The van der Waals surface area contributed by atoms with Crippen molar-refractivity contribution in [3.8, 4) is 0 Å². The average Bonchev–Trinajstić information content (AvgIpc) is 2.60. The molecule has 2 amide bonds. The van der Waals surface area contributed by atoms with E-state index < -0.39 is 0 Å². The molecule has 0 spiro atoms. The number of carbonyl (C=O) groups excluding carboxylic acids is 2. The van der Waals surface area contributed by atoms with Gasteiger partial charge in [0.05, 0.1) is 5.56 Å². The van der Waals surface area contributed by atoms with Gasteiger partial charge in [0.25, 0.3) is 11.8 Å². The van der Waals surface area contributed by atoms with Gasteiger partial charge in [-0.05, 0) is 43.2 Å². The van der Waals surface area contributed by atoms with Crippen LogP contribution in [0.4, 0.5) is 0 Å². The molecule has 0 unspecified atom stereocenters. The Morgan fingerprint density at radius 3 is 2.61 bits per heavy atom. The molecule has 1 heterocycles. The Balaban J connectivity index is 1.97. The van der Waals surface area contributed by atoms with Crippen molar-refractivity contribution in [3.63, 3.8) is 0 Å². The molecule has 5 nitrogen and oxygen atoms in total. The minimum atomic E-state index is -0.187. The fraction of sp³-hybridized carbons (Fsp3) is 0.278. The van der Waals surface area contributed by atoms with Gasteiger partial charge in [0.15, 0.2) is 0 Å². The molecule has 0 bridgehead atoms. The van der Waals surface area contributed by atoms with Crippen molar-refractivity contribution < 1.29 is 9.59 Å². The van der Waals surface area contributed by atoms with Crippen molar-refractivity contribution in [1.82, 2.24) is 15.6 Å². The van der Waals surface area contributed by atoms with E-state index in [2.05, 4.69) is 15.6 Å². The lowest BCUT2D eigenvalue weighted by atomic mass is 10.1. The molecule has 0 radical (unpaired) electrons. The summed E-state index contributed by atoms with van der Waals surface area (Å²) in [6.45, 7) is 4.35. The number of rotatable bonds is 6. The average molecular weight is 311 g/mol. The summed E-state index contributed by atoms with van der Waals surface area (Å²) < 4.78 is 0. The van der Waals surface area contributed by atoms with Crippen LogP contribution in [-0.4, -0.2) is 22.8 Å². The van der Waals surface area contributed by atoms with Crippen LogP contribution in [0.5, 0.6) is 0 Å². The van der Waals surface area contributed by atoms with Crippen LogP contribution < -0.4 is 10.6 Å². The fourth-order valence-electron chi connectivity index (χ4n) is 2.01. The van der Waals surface area contributed by atoms with Crippen LogP contribution in [-0.2, 0) is 6.54 Å². The summed E-state index contributed by atoms with van der Waals surface area (Å²) >= 11 is 0. The van der Waals surface area contributed by atoms with Crippen LogP contribution in [0.2, 0.25) is 0 Å². The first-order valence-electron chi connectivity index (χ1n) is 7.68. The normalized spacial score (nSPS) is 11.6. The summed E-state index contributed by atoms with van der Waals surface area (Å²) in [4.78, 5) is 28.0. The summed E-state index contributed by atoms with van der Waals surface area (Å²) in [5.74, 6) is -0.285. The van der Waals surface area contributed by atoms with Crippen LogP contribution in [0.25, 0.3) is 0 Å². The van der Waals surface area contributed by atoms with Crippen LogP contribution in [0.15, 0.2) is 48.8 Å². The Bertz CT molecular complexity index is 671. The fourth-order valence-corrected chi connectivity index (χ4v) is 2.01. The van der Waals surface area contributed by atoms with Crippen molar-refractivity contribution in [2.24, 2.45) is 0 Å². The lowest BCUT2D eigenvalue weighted by Crippen LogP contribution is -2.32. The van der Waals surface area contributed by atoms with E-state index in [1.165, 1.54) is 6.20 Å². The predicted octanol–water partition coefficient (Wildman–Crippen LogP) is 2.54. The van der Waals surface area contributed by atoms with E-state index in [0.29, 0.717) is 17.7 Å². The Kier molecular flexibility index (Phi) is 5.86. The van der Waals surface area contributed by atoms with Crippen LogP contribution in [0.1, 0.15) is 46.5 Å². The number of pyridine rings is 1. The largest absolute Gasteiger partial charge is 0.350 e. The molecule has 0 fully saturated rings. The van der Waals surface area contributed by atoms with Crippen LogP contribution >= 0.6 is 0 Å². The zero-order valence-corrected chi connectivity index (χ0v) is 13.4. The molecule has 0 aliphatic rings. The molecule has 2 aromatic rings. The SMILES string of the molecule is CC[C@H](C)NC(=O)c1cccc(CNC(=O)c2cccnc2)c1. The molecule has 1 aromatic heterocycles. The van der Waals surface area contributed by atoms with E-state index in [-0.39, 0.29) is 17.9 Å². The maximum Gasteiger partial charge on any atom is 0.253 e. The lowest BCUT2D eigenvalue weighted by molar-refractivity contribution is 0.0936. The minimum Gasteiger partial charge on any atom is -0.350 e. The first-order chi connectivity index (χ1) is 11.1. The Morgan fingerprint density at radius 1 is 1.13 bits per heavy atom. The number of carbonyl (C=O) groups is 2. The molecule has 23 heavy (non-hydrogen) atoms. The molecule has 0 saturated heterocycles. The van der Waals surface area contributed by atoms with E-state index in [1.807, 2.05) is 26.0 Å². The molecule has 1 atom stereocenters. The van der Waals surface area contributed by atoms with Gasteiger partial charge in [0, 0.05) is 30.5 Å². The highest BCUT2D eigenvalue weighted by Crippen LogP contribution is 2.07. The molecular weight excluding hydrogens is 290 g/mol. The van der Waals surface area contributed by atoms with Gasteiger partial charge in [0.1, 0.15) is 0 Å². The number of aromatic nitrogens is 1. The molecule has 5 heteroatoms. The number of hydrogen-bond acceptors (Lipinski definition) is 3. The van der Waals surface area contributed by atoms with E-state index in [4.69, 9.17) is 0 Å². The third-order valence-electron chi connectivity index (χ3n) is 3.56. The second-order valence-corrected chi connectivity index (χ2v) is 5.41. The third-order valence-corrected chi connectivity index (χ3v) is 3.56. The Morgan fingerprint density at radius 2 is 1.91 bits per heavy atom. The zero-order chi connectivity index (χ0) is 16.7. The number of hydrogen-bond donors (Lipinski definition) is 2. The van der Waals surface area contributed by atoms with Crippen molar-refractivity contribution in [2.45, 2.75) is 32.9 Å². The molecule has 2 rings (SSSR count). The monoisotopic (exact) mass is 311 g/mol. The number of benzene rings is 1. The van der Waals surface area contributed by atoms with Gasteiger partial charge in [-0.25, -0.2) is 0 Å². The molecule has 0 aliphatic heterocycles. The molecule has 120 valence electrons. The van der Waals surface area contributed by atoms with Gasteiger partial charge in [-0.1, -0.05) is 19.1 Å². The van der Waals surface area contributed by atoms with Gasteiger partial charge in [-0.15, -0.1) is 0 Å². The first-order valence-corrected chi connectivity index (χ1v) is 7.68. The number of nitrogens with zero attached hydrogens (tertiary/aromatic N) is 1.